The minimum atomic E-state index is -4.98. The van der Waals surface area contributed by atoms with E-state index in [4.69, 9.17) is 16.3 Å². The van der Waals surface area contributed by atoms with Gasteiger partial charge >= 0.3 is 12.3 Å². The summed E-state index contributed by atoms with van der Waals surface area (Å²) in [7, 11) is -4.61. The summed E-state index contributed by atoms with van der Waals surface area (Å²) < 4.78 is 77.5. The van der Waals surface area contributed by atoms with Gasteiger partial charge in [0.25, 0.3) is 15.9 Å². The number of carbonyl (C=O) groups excluding carboxylic acids is 1. The maximum Gasteiger partial charge on any atom is 0.412 e. The van der Waals surface area contributed by atoms with Crippen molar-refractivity contribution in [1.82, 2.24) is 14.7 Å². The fraction of sp³-hybridized carbons (Fsp3) is 0.435. The van der Waals surface area contributed by atoms with Gasteiger partial charge in [-0.05, 0) is 45.9 Å². The van der Waals surface area contributed by atoms with Crippen molar-refractivity contribution >= 4 is 61.3 Å². The van der Waals surface area contributed by atoms with Gasteiger partial charge in [0, 0.05) is 11.6 Å². The molecule has 1 atom stereocenters. The number of hydrogen-bond donors (Lipinski definition) is 3. The summed E-state index contributed by atoms with van der Waals surface area (Å²) in [5.74, 6) is -0.884. The van der Waals surface area contributed by atoms with Crippen LogP contribution in [-0.2, 0) is 14.8 Å². The lowest BCUT2D eigenvalue weighted by molar-refractivity contribution is -0.175. The normalized spacial score (nSPS) is 16.3. The van der Waals surface area contributed by atoms with Crippen LogP contribution in [0.3, 0.4) is 0 Å². The maximum absolute atomic E-state index is 14.1. The zero-order valence-corrected chi connectivity index (χ0v) is 24.3. The molecule has 3 heterocycles. The van der Waals surface area contributed by atoms with Gasteiger partial charge in [-0.3, -0.25) is 18.4 Å². The molecule has 1 aliphatic heterocycles. The second-order valence-electron chi connectivity index (χ2n) is 10.1. The van der Waals surface area contributed by atoms with Crippen LogP contribution in [0.1, 0.15) is 27.7 Å². The number of imidazole rings is 1. The predicted molar refractivity (Wildman–Crippen MR) is 143 cm³/mol. The molecule has 3 aromatic rings. The first-order valence-electron chi connectivity index (χ1n) is 11.8. The van der Waals surface area contributed by atoms with E-state index >= 15 is 0 Å². The summed E-state index contributed by atoms with van der Waals surface area (Å²) >= 11 is 7.31. The Hall–Kier alpha value is -3.28. The van der Waals surface area contributed by atoms with E-state index in [0.29, 0.717) is 13.8 Å². The number of sulfonamides is 1. The number of anilines is 2. The Morgan fingerprint density at radius 3 is 2.51 bits per heavy atom. The Morgan fingerprint density at radius 2 is 1.93 bits per heavy atom. The van der Waals surface area contributed by atoms with Crippen LogP contribution in [0.2, 0.25) is 5.15 Å². The number of carboxylic acid groups (broad SMARTS) is 1. The lowest BCUT2D eigenvalue weighted by Gasteiger charge is -2.39. The molecule has 18 heteroatoms. The highest BCUT2D eigenvalue weighted by Gasteiger charge is 2.54. The smallest absolute Gasteiger partial charge is 0.412 e. The number of carbonyl (C=O) groups is 2. The van der Waals surface area contributed by atoms with Gasteiger partial charge in [-0.2, -0.15) is 21.6 Å². The number of hydrogen-bond acceptors (Lipinski definition) is 8. The van der Waals surface area contributed by atoms with E-state index in [1.807, 2.05) is 0 Å². The molecule has 2 amide bonds. The molecule has 12 nitrogen and oxygen atoms in total. The number of amides is 2. The van der Waals surface area contributed by atoms with Gasteiger partial charge in [0.15, 0.2) is 15.1 Å². The summed E-state index contributed by atoms with van der Waals surface area (Å²) in [5.41, 5.74) is -5.38. The summed E-state index contributed by atoms with van der Waals surface area (Å²) in [5, 5.41) is 22.9. The SMILES string of the molecule is CC(C)(O)C(=O)NC[C@H]1CN(S(=O)(=O)c2c(Cl)nc3sccn23)c2cc(N(C(=O)O)C(C)(C)C(F)(F)F)ccc2O1. The number of aromatic nitrogens is 2. The van der Waals surface area contributed by atoms with Crippen molar-refractivity contribution in [3.8, 4) is 5.75 Å². The monoisotopic (exact) mass is 639 g/mol. The molecule has 41 heavy (non-hydrogen) atoms. The number of rotatable bonds is 7. The Labute approximate surface area is 240 Å². The number of thiazole rings is 1. The van der Waals surface area contributed by atoms with Crippen LogP contribution in [0, 0.1) is 0 Å². The number of nitrogens with zero attached hydrogens (tertiary/aromatic N) is 4. The highest BCUT2D eigenvalue weighted by Crippen LogP contribution is 2.44. The third kappa shape index (κ3) is 5.50. The van der Waals surface area contributed by atoms with Crippen LogP contribution in [0.25, 0.3) is 4.96 Å². The lowest BCUT2D eigenvalue weighted by Crippen LogP contribution is -2.57. The fourth-order valence-electron chi connectivity index (χ4n) is 4.07. The zero-order chi connectivity index (χ0) is 30.7. The molecule has 0 bridgehead atoms. The molecule has 0 spiro atoms. The van der Waals surface area contributed by atoms with Crippen LogP contribution in [0.5, 0.6) is 5.75 Å². The van der Waals surface area contributed by atoms with Crippen molar-refractivity contribution in [3.05, 3.63) is 34.9 Å². The Bertz CT molecular complexity index is 1620. The number of benzene rings is 1. The van der Waals surface area contributed by atoms with Gasteiger partial charge in [-0.1, -0.05) is 11.6 Å². The molecule has 224 valence electrons. The summed E-state index contributed by atoms with van der Waals surface area (Å²) in [6.45, 7) is 3.13. The van der Waals surface area contributed by atoms with Gasteiger partial charge in [0.05, 0.1) is 24.5 Å². The van der Waals surface area contributed by atoms with Gasteiger partial charge in [-0.15, -0.1) is 11.3 Å². The van der Waals surface area contributed by atoms with Gasteiger partial charge in [0.1, 0.15) is 23.0 Å². The summed E-state index contributed by atoms with van der Waals surface area (Å²) in [6, 6.07) is 3.14. The number of halogens is 4. The predicted octanol–water partition coefficient (Wildman–Crippen LogP) is 3.72. The topological polar surface area (TPSA) is 154 Å². The van der Waals surface area contributed by atoms with Crippen LogP contribution >= 0.6 is 22.9 Å². The van der Waals surface area contributed by atoms with Gasteiger partial charge in [0.2, 0.25) is 0 Å². The largest absolute Gasteiger partial charge is 0.484 e. The highest BCUT2D eigenvalue weighted by molar-refractivity contribution is 7.92. The maximum atomic E-state index is 14.1. The minimum absolute atomic E-state index is 0.0800. The van der Waals surface area contributed by atoms with Gasteiger partial charge < -0.3 is 20.3 Å². The standard InChI is InChI=1S/C23H25ClF3N5O7S2/c1-21(2,36)18(33)28-10-13-11-31(41(37,38)17-16(24)29-19-30(17)7-8-40-19)14-9-12(5-6-15(14)39-13)32(20(34)35)22(3,4)23(25,26)27/h5-9,13,36H,10-11H2,1-4H3,(H,28,33)(H,34,35)/t13-/m0/s1. The second-order valence-corrected chi connectivity index (χ2v) is 13.1. The number of ether oxygens (including phenoxy) is 1. The number of nitrogens with one attached hydrogen (secondary N) is 1. The first-order valence-corrected chi connectivity index (χ1v) is 14.5. The van der Waals surface area contributed by atoms with E-state index in [2.05, 4.69) is 10.3 Å². The van der Waals surface area contributed by atoms with E-state index in [0.717, 1.165) is 33.8 Å². The third-order valence-corrected chi connectivity index (χ3v) is 9.27. The lowest BCUT2D eigenvalue weighted by atomic mass is 10.0. The number of fused-ring (bicyclic) bond motifs is 2. The number of aliphatic hydroxyl groups is 1. The first kappa shape index (κ1) is 30.7. The highest BCUT2D eigenvalue weighted by atomic mass is 35.5. The van der Waals surface area contributed by atoms with Crippen LogP contribution in [0.15, 0.2) is 34.8 Å². The molecule has 3 N–H and O–H groups in total. The van der Waals surface area contributed by atoms with Crippen LogP contribution in [-0.4, -0.2) is 76.5 Å². The quantitative estimate of drug-likeness (QED) is 0.354. The van der Waals surface area contributed by atoms with Crippen molar-refractivity contribution in [2.75, 3.05) is 22.3 Å². The van der Waals surface area contributed by atoms with Crippen molar-refractivity contribution in [1.29, 1.82) is 0 Å². The molecular formula is C23H25ClF3N5O7S2. The molecule has 0 saturated heterocycles. The van der Waals surface area contributed by atoms with Crippen molar-refractivity contribution in [2.24, 2.45) is 0 Å². The molecular weight excluding hydrogens is 615 g/mol. The van der Waals surface area contributed by atoms with Crippen LogP contribution < -0.4 is 19.3 Å². The van der Waals surface area contributed by atoms with Gasteiger partial charge in [-0.25, -0.2) is 9.78 Å². The van der Waals surface area contributed by atoms with Crippen molar-refractivity contribution < 1.29 is 46.1 Å². The van der Waals surface area contributed by atoms with E-state index < -0.39 is 62.7 Å². The number of alkyl halides is 3. The Balaban J connectivity index is 1.85. The third-order valence-electron chi connectivity index (χ3n) is 6.34. The zero-order valence-electron chi connectivity index (χ0n) is 21.9. The minimum Gasteiger partial charge on any atom is -0.484 e. The Kier molecular flexibility index (Phi) is 7.64. The molecule has 1 aliphatic rings. The fourth-order valence-corrected chi connectivity index (χ4v) is 6.98. The molecule has 1 aromatic carbocycles. The molecule has 0 radical (unpaired) electrons. The molecule has 0 unspecified atom stereocenters. The van der Waals surface area contributed by atoms with Crippen molar-refractivity contribution in [2.45, 2.75) is 56.1 Å². The van der Waals surface area contributed by atoms with E-state index in [9.17, 15) is 41.4 Å². The second kappa shape index (κ2) is 10.2. The summed E-state index contributed by atoms with van der Waals surface area (Å²) in [6.07, 6.45) is -6.52. The molecule has 2 aromatic heterocycles. The molecule has 0 aliphatic carbocycles. The van der Waals surface area contributed by atoms with Crippen molar-refractivity contribution in [3.63, 3.8) is 0 Å². The average molecular weight is 640 g/mol. The van der Waals surface area contributed by atoms with E-state index in [1.54, 1.807) is 5.38 Å². The van der Waals surface area contributed by atoms with E-state index in [-0.39, 0.29) is 33.0 Å². The molecule has 0 fully saturated rings. The first-order chi connectivity index (χ1) is 18.8. The average Bonchev–Trinajstić information content (AvgIpc) is 3.40. The molecule has 4 rings (SSSR count). The molecule has 0 saturated carbocycles. The summed E-state index contributed by atoms with van der Waals surface area (Å²) in [4.78, 5) is 28.6. The van der Waals surface area contributed by atoms with Crippen LogP contribution in [0.4, 0.5) is 29.3 Å². The Morgan fingerprint density at radius 1 is 1.27 bits per heavy atom. The van der Waals surface area contributed by atoms with E-state index in [1.165, 1.54) is 24.4 Å².